The Labute approximate surface area is 169 Å². The summed E-state index contributed by atoms with van der Waals surface area (Å²) in [7, 11) is 3.36. The number of nitrogens with zero attached hydrogens (tertiary/aromatic N) is 3. The number of halogens is 1. The van der Waals surface area contributed by atoms with Gasteiger partial charge in [0.05, 0.1) is 12.8 Å². The Morgan fingerprint density at radius 3 is 2.39 bits per heavy atom. The molecule has 7 heteroatoms. The number of carbonyl (C=O) groups is 2. The first kappa shape index (κ1) is 20.1. The number of benzene rings is 1. The molecule has 6 nitrogen and oxygen atoms in total. The van der Waals surface area contributed by atoms with Crippen molar-refractivity contribution >= 4 is 29.4 Å². The Hall–Kier alpha value is -2.60. The third-order valence-corrected chi connectivity index (χ3v) is 5.59. The first-order valence-electron chi connectivity index (χ1n) is 9.25. The molecule has 3 rings (SSSR count). The normalized spacial score (nSPS) is 15.2. The molecule has 0 atom stereocenters. The number of ketones is 1. The first-order chi connectivity index (χ1) is 13.4. The van der Waals surface area contributed by atoms with E-state index in [-0.39, 0.29) is 17.6 Å². The molecule has 1 aromatic heterocycles. The Bertz CT molecular complexity index is 894. The number of likely N-dealkylation sites (tertiary alicyclic amines) is 1. The van der Waals surface area contributed by atoms with Gasteiger partial charge in [-0.25, -0.2) is 0 Å². The second-order valence-electron chi connectivity index (χ2n) is 6.94. The van der Waals surface area contributed by atoms with Crippen molar-refractivity contribution in [2.24, 2.45) is 13.0 Å². The molecule has 2 aromatic rings. The highest BCUT2D eigenvalue weighted by molar-refractivity contribution is 6.31. The van der Waals surface area contributed by atoms with Gasteiger partial charge in [-0.1, -0.05) is 11.6 Å². The van der Waals surface area contributed by atoms with Gasteiger partial charge < -0.3 is 9.64 Å². The minimum absolute atomic E-state index is 0.0589. The van der Waals surface area contributed by atoms with E-state index in [0.717, 1.165) is 17.0 Å². The summed E-state index contributed by atoms with van der Waals surface area (Å²) in [6, 6.07) is 7.17. The lowest BCUT2D eigenvalue weighted by Crippen LogP contribution is -2.39. The van der Waals surface area contributed by atoms with Gasteiger partial charge in [0, 0.05) is 43.3 Å². The Morgan fingerprint density at radius 1 is 1.21 bits per heavy atom. The zero-order valence-corrected chi connectivity index (χ0v) is 17.1. The van der Waals surface area contributed by atoms with Crippen LogP contribution in [0.1, 0.15) is 34.5 Å². The monoisotopic (exact) mass is 401 g/mol. The predicted molar refractivity (Wildman–Crippen MR) is 109 cm³/mol. The van der Waals surface area contributed by atoms with E-state index in [1.165, 1.54) is 6.08 Å². The Balaban J connectivity index is 1.57. The number of aryl methyl sites for hydroxylation is 2. The van der Waals surface area contributed by atoms with Gasteiger partial charge in [-0.05, 0) is 50.1 Å². The maximum Gasteiger partial charge on any atom is 0.246 e. The standard InChI is InChI=1S/C21H24ClN3O3/c1-14-18(21(22)24(2)23-14)8-9-19(26)25-12-10-16(11-13-25)20(27)15-4-6-17(28-3)7-5-15/h4-9,16H,10-13H2,1-3H3/b9-8+. The second kappa shape index (κ2) is 8.61. The van der Waals surface area contributed by atoms with Gasteiger partial charge in [0.15, 0.2) is 5.78 Å². The van der Waals surface area contributed by atoms with E-state index in [1.807, 2.05) is 6.92 Å². The van der Waals surface area contributed by atoms with Crippen molar-refractivity contribution in [2.75, 3.05) is 20.2 Å². The second-order valence-corrected chi connectivity index (χ2v) is 7.30. The van der Waals surface area contributed by atoms with E-state index in [1.54, 1.807) is 54.1 Å². The summed E-state index contributed by atoms with van der Waals surface area (Å²) in [5.74, 6) is 0.724. The summed E-state index contributed by atoms with van der Waals surface area (Å²) in [5.41, 5.74) is 2.22. The van der Waals surface area contributed by atoms with Crippen LogP contribution in [0, 0.1) is 12.8 Å². The number of hydrogen-bond acceptors (Lipinski definition) is 4. The van der Waals surface area contributed by atoms with Crippen molar-refractivity contribution in [1.29, 1.82) is 0 Å². The number of hydrogen-bond donors (Lipinski definition) is 0. The van der Waals surface area contributed by atoms with Crippen molar-refractivity contribution < 1.29 is 14.3 Å². The Morgan fingerprint density at radius 2 is 1.86 bits per heavy atom. The fourth-order valence-corrected chi connectivity index (χ4v) is 3.69. The van der Waals surface area contributed by atoms with Gasteiger partial charge in [-0.15, -0.1) is 0 Å². The van der Waals surface area contributed by atoms with Gasteiger partial charge in [0.2, 0.25) is 5.91 Å². The maximum atomic E-state index is 12.7. The molecule has 0 spiro atoms. The van der Waals surface area contributed by atoms with E-state index in [0.29, 0.717) is 36.6 Å². The molecule has 1 aliphatic heterocycles. The van der Waals surface area contributed by atoms with Gasteiger partial charge in [-0.3, -0.25) is 14.3 Å². The van der Waals surface area contributed by atoms with Crippen LogP contribution in [0.2, 0.25) is 5.15 Å². The molecule has 1 saturated heterocycles. The summed E-state index contributed by atoms with van der Waals surface area (Å²) >= 11 is 6.19. The van der Waals surface area contributed by atoms with Crippen molar-refractivity contribution in [1.82, 2.24) is 14.7 Å². The van der Waals surface area contributed by atoms with Gasteiger partial charge in [-0.2, -0.15) is 5.10 Å². The number of rotatable bonds is 5. The minimum Gasteiger partial charge on any atom is -0.497 e. The molecule has 2 heterocycles. The molecule has 0 bridgehead atoms. The molecule has 0 unspecified atom stereocenters. The van der Waals surface area contributed by atoms with Crippen molar-refractivity contribution in [2.45, 2.75) is 19.8 Å². The number of Topliss-reactive ketones (excluding diaryl/α,β-unsaturated/α-hetero) is 1. The third-order valence-electron chi connectivity index (χ3n) is 5.14. The quantitative estimate of drug-likeness (QED) is 0.568. The van der Waals surface area contributed by atoms with Crippen LogP contribution in [0.5, 0.6) is 5.75 Å². The van der Waals surface area contributed by atoms with Crippen LogP contribution in [-0.4, -0.2) is 46.6 Å². The number of aromatic nitrogens is 2. The summed E-state index contributed by atoms with van der Waals surface area (Å²) in [6.07, 6.45) is 4.57. The number of ether oxygens (including phenoxy) is 1. The topological polar surface area (TPSA) is 64.4 Å². The summed E-state index contributed by atoms with van der Waals surface area (Å²) in [4.78, 5) is 26.9. The number of methoxy groups -OCH3 is 1. The molecule has 0 aliphatic carbocycles. The number of amides is 1. The molecule has 1 fully saturated rings. The van der Waals surface area contributed by atoms with E-state index >= 15 is 0 Å². The molecule has 0 radical (unpaired) electrons. The lowest BCUT2D eigenvalue weighted by molar-refractivity contribution is -0.127. The molecule has 1 aromatic carbocycles. The average molecular weight is 402 g/mol. The highest BCUT2D eigenvalue weighted by Crippen LogP contribution is 2.24. The van der Waals surface area contributed by atoms with E-state index < -0.39 is 0 Å². The van der Waals surface area contributed by atoms with Crippen LogP contribution < -0.4 is 4.74 Å². The third kappa shape index (κ3) is 4.28. The van der Waals surface area contributed by atoms with E-state index in [2.05, 4.69) is 5.10 Å². The van der Waals surface area contributed by atoms with Gasteiger partial charge >= 0.3 is 0 Å². The fourth-order valence-electron chi connectivity index (χ4n) is 3.45. The van der Waals surface area contributed by atoms with Crippen LogP contribution in [0.25, 0.3) is 6.08 Å². The predicted octanol–water partition coefficient (Wildman–Crippen LogP) is 3.53. The van der Waals surface area contributed by atoms with Crippen molar-refractivity contribution in [3.05, 3.63) is 52.3 Å². The highest BCUT2D eigenvalue weighted by Gasteiger charge is 2.27. The summed E-state index contributed by atoms with van der Waals surface area (Å²) in [6.45, 7) is 2.98. The van der Waals surface area contributed by atoms with Gasteiger partial charge in [0.25, 0.3) is 0 Å². The van der Waals surface area contributed by atoms with Crippen LogP contribution in [-0.2, 0) is 11.8 Å². The van der Waals surface area contributed by atoms with Crippen LogP contribution in [0.15, 0.2) is 30.3 Å². The van der Waals surface area contributed by atoms with E-state index in [4.69, 9.17) is 16.3 Å². The lowest BCUT2D eigenvalue weighted by Gasteiger charge is -2.30. The van der Waals surface area contributed by atoms with Gasteiger partial charge in [0.1, 0.15) is 10.9 Å². The maximum absolute atomic E-state index is 12.7. The van der Waals surface area contributed by atoms with Crippen molar-refractivity contribution in [3.8, 4) is 5.75 Å². The van der Waals surface area contributed by atoms with Crippen LogP contribution in [0.3, 0.4) is 0 Å². The molecule has 0 saturated carbocycles. The van der Waals surface area contributed by atoms with E-state index in [9.17, 15) is 9.59 Å². The molecule has 28 heavy (non-hydrogen) atoms. The van der Waals surface area contributed by atoms with Crippen LogP contribution >= 0.6 is 11.6 Å². The number of carbonyl (C=O) groups excluding carboxylic acids is 2. The summed E-state index contributed by atoms with van der Waals surface area (Å²) in [5, 5.41) is 4.74. The fraction of sp³-hybridized carbons (Fsp3) is 0.381. The molecule has 1 aliphatic rings. The smallest absolute Gasteiger partial charge is 0.246 e. The zero-order chi connectivity index (χ0) is 20.3. The van der Waals surface area contributed by atoms with Crippen molar-refractivity contribution in [3.63, 3.8) is 0 Å². The van der Waals surface area contributed by atoms with Crippen LogP contribution in [0.4, 0.5) is 0 Å². The molecule has 1 amide bonds. The summed E-state index contributed by atoms with van der Waals surface area (Å²) < 4.78 is 6.71. The SMILES string of the molecule is COc1ccc(C(=O)C2CCN(C(=O)/C=C/c3c(C)nn(C)c3Cl)CC2)cc1. The molecule has 148 valence electrons. The number of piperidine rings is 1. The zero-order valence-electron chi connectivity index (χ0n) is 16.3. The minimum atomic E-state index is -0.0744. The lowest BCUT2D eigenvalue weighted by atomic mass is 9.89. The molecular weight excluding hydrogens is 378 g/mol. The highest BCUT2D eigenvalue weighted by atomic mass is 35.5. The molecular formula is C21H24ClN3O3. The molecule has 0 N–H and O–H groups in total. The first-order valence-corrected chi connectivity index (χ1v) is 9.63. The Kier molecular flexibility index (Phi) is 6.19. The average Bonchev–Trinajstić information content (AvgIpc) is 2.97. The largest absolute Gasteiger partial charge is 0.497 e.